The van der Waals surface area contributed by atoms with E-state index in [1.54, 1.807) is 0 Å². The van der Waals surface area contributed by atoms with Crippen LogP contribution in [0.5, 0.6) is 0 Å². The SMILES string of the molecule is N#CCCSc1nc2ccc(F)cc2n2c(C(F)(F)F)nnc12. The first-order valence-corrected chi connectivity index (χ1v) is 7.31. The van der Waals surface area contributed by atoms with Crippen molar-refractivity contribution in [3.05, 3.63) is 29.8 Å². The van der Waals surface area contributed by atoms with E-state index in [2.05, 4.69) is 15.2 Å². The maximum atomic E-state index is 13.4. The molecule has 1 aromatic carbocycles. The maximum absolute atomic E-state index is 13.4. The summed E-state index contributed by atoms with van der Waals surface area (Å²) in [7, 11) is 0. The molecule has 0 atom stereocenters. The van der Waals surface area contributed by atoms with Crippen LogP contribution >= 0.6 is 11.8 Å². The van der Waals surface area contributed by atoms with E-state index in [-0.39, 0.29) is 28.1 Å². The zero-order valence-electron chi connectivity index (χ0n) is 11.3. The van der Waals surface area contributed by atoms with E-state index < -0.39 is 17.8 Å². The number of aromatic nitrogens is 4. The molecule has 0 radical (unpaired) electrons. The van der Waals surface area contributed by atoms with Crippen LogP contribution in [0.3, 0.4) is 0 Å². The summed E-state index contributed by atoms with van der Waals surface area (Å²) in [5.74, 6) is -1.58. The third-order valence-corrected chi connectivity index (χ3v) is 3.92. The lowest BCUT2D eigenvalue weighted by atomic mass is 10.3. The normalized spacial score (nSPS) is 12.0. The Bertz CT molecular complexity index is 928. The van der Waals surface area contributed by atoms with Crippen molar-refractivity contribution in [2.45, 2.75) is 17.6 Å². The Morgan fingerprint density at radius 3 is 2.74 bits per heavy atom. The first-order valence-electron chi connectivity index (χ1n) is 6.33. The molecule has 3 aromatic rings. The minimum Gasteiger partial charge on any atom is -0.267 e. The number of alkyl halides is 3. The van der Waals surface area contributed by atoms with Crippen molar-refractivity contribution in [2.75, 3.05) is 5.75 Å². The van der Waals surface area contributed by atoms with Gasteiger partial charge < -0.3 is 0 Å². The van der Waals surface area contributed by atoms with Crippen LogP contribution in [0, 0.1) is 17.1 Å². The van der Waals surface area contributed by atoms with E-state index in [1.807, 2.05) is 6.07 Å². The summed E-state index contributed by atoms with van der Waals surface area (Å²) in [6, 6.07) is 5.30. The topological polar surface area (TPSA) is 66.9 Å². The predicted octanol–water partition coefficient (Wildman–Crippen LogP) is 3.44. The highest BCUT2D eigenvalue weighted by atomic mass is 32.2. The highest BCUT2D eigenvalue weighted by molar-refractivity contribution is 7.99. The van der Waals surface area contributed by atoms with Gasteiger partial charge in [-0.3, -0.25) is 4.40 Å². The van der Waals surface area contributed by atoms with Crippen LogP contribution in [0.25, 0.3) is 16.7 Å². The molecule has 3 rings (SSSR count). The van der Waals surface area contributed by atoms with Crippen molar-refractivity contribution in [1.82, 2.24) is 19.6 Å². The van der Waals surface area contributed by atoms with E-state index >= 15 is 0 Å². The second-order valence-electron chi connectivity index (χ2n) is 4.49. The summed E-state index contributed by atoms with van der Waals surface area (Å²) in [6.45, 7) is 0. The molecule has 2 heterocycles. The van der Waals surface area contributed by atoms with Crippen LogP contribution in [0.4, 0.5) is 17.6 Å². The molecule has 0 bridgehead atoms. The van der Waals surface area contributed by atoms with Crippen LogP contribution in [-0.2, 0) is 6.18 Å². The number of nitriles is 1. The minimum atomic E-state index is -4.74. The molecule has 0 unspecified atom stereocenters. The number of nitrogens with zero attached hydrogens (tertiary/aromatic N) is 5. The molecule has 10 heteroatoms. The Morgan fingerprint density at radius 2 is 2.04 bits per heavy atom. The highest BCUT2D eigenvalue weighted by Gasteiger charge is 2.38. The van der Waals surface area contributed by atoms with Crippen LogP contribution in [0.2, 0.25) is 0 Å². The molecule has 0 aliphatic carbocycles. The fourth-order valence-corrected chi connectivity index (χ4v) is 2.87. The first-order chi connectivity index (χ1) is 10.9. The zero-order chi connectivity index (χ0) is 16.6. The second-order valence-corrected chi connectivity index (χ2v) is 5.57. The Kier molecular flexibility index (Phi) is 3.81. The Labute approximate surface area is 130 Å². The molecule has 5 nitrogen and oxygen atoms in total. The molecule has 0 fully saturated rings. The number of thioether (sulfide) groups is 1. The maximum Gasteiger partial charge on any atom is 0.452 e. The van der Waals surface area contributed by atoms with Gasteiger partial charge in [0.1, 0.15) is 10.8 Å². The van der Waals surface area contributed by atoms with Crippen molar-refractivity contribution in [2.24, 2.45) is 0 Å². The van der Waals surface area contributed by atoms with Gasteiger partial charge in [-0.2, -0.15) is 18.4 Å². The lowest BCUT2D eigenvalue weighted by Crippen LogP contribution is -2.12. The Morgan fingerprint density at radius 1 is 1.26 bits per heavy atom. The largest absolute Gasteiger partial charge is 0.452 e. The summed E-state index contributed by atoms with van der Waals surface area (Å²) in [5.41, 5.74) is 0.00369. The van der Waals surface area contributed by atoms with E-state index in [0.717, 1.165) is 28.3 Å². The van der Waals surface area contributed by atoms with Gasteiger partial charge in [0, 0.05) is 18.2 Å². The van der Waals surface area contributed by atoms with E-state index in [0.29, 0.717) is 5.75 Å². The van der Waals surface area contributed by atoms with E-state index in [1.165, 1.54) is 6.07 Å². The second kappa shape index (κ2) is 5.66. The number of halogens is 4. The van der Waals surface area contributed by atoms with Gasteiger partial charge in [0.25, 0.3) is 0 Å². The van der Waals surface area contributed by atoms with Crippen molar-refractivity contribution < 1.29 is 17.6 Å². The molecule has 0 aliphatic heterocycles. The molecule has 0 saturated carbocycles. The molecule has 118 valence electrons. The van der Waals surface area contributed by atoms with Gasteiger partial charge in [0.05, 0.1) is 17.1 Å². The lowest BCUT2D eigenvalue weighted by Gasteiger charge is -2.09. The number of hydrogen-bond donors (Lipinski definition) is 0. The summed E-state index contributed by atoms with van der Waals surface area (Å²) in [5, 5.41) is 15.5. The fraction of sp³-hybridized carbons (Fsp3) is 0.231. The third kappa shape index (κ3) is 2.79. The summed E-state index contributed by atoms with van der Waals surface area (Å²) < 4.78 is 53.6. The van der Waals surface area contributed by atoms with E-state index in [4.69, 9.17) is 5.26 Å². The van der Waals surface area contributed by atoms with Gasteiger partial charge in [-0.25, -0.2) is 9.37 Å². The predicted molar refractivity (Wildman–Crippen MR) is 74.2 cm³/mol. The van der Waals surface area contributed by atoms with Crippen molar-refractivity contribution >= 4 is 28.4 Å². The first kappa shape index (κ1) is 15.5. The molecule has 23 heavy (non-hydrogen) atoms. The van der Waals surface area contributed by atoms with Crippen LogP contribution in [0.15, 0.2) is 23.2 Å². The smallest absolute Gasteiger partial charge is 0.267 e. The Balaban J connectivity index is 2.31. The zero-order valence-corrected chi connectivity index (χ0v) is 12.1. The summed E-state index contributed by atoms with van der Waals surface area (Å²) >= 11 is 1.10. The highest BCUT2D eigenvalue weighted by Crippen LogP contribution is 2.33. The molecule has 0 aliphatic rings. The molecule has 0 spiro atoms. The lowest BCUT2D eigenvalue weighted by molar-refractivity contribution is -0.145. The van der Waals surface area contributed by atoms with Crippen molar-refractivity contribution in [3.8, 4) is 6.07 Å². The van der Waals surface area contributed by atoms with Gasteiger partial charge >= 0.3 is 6.18 Å². The van der Waals surface area contributed by atoms with Gasteiger partial charge in [-0.15, -0.1) is 22.0 Å². The standard InChI is InChI=1S/C13H7F4N5S/c14-7-2-3-8-9(6-7)22-10(11(19-8)23-5-1-4-18)20-21-12(22)13(15,16)17/h2-3,6H,1,5H2. The van der Waals surface area contributed by atoms with E-state index in [9.17, 15) is 17.6 Å². The molecule has 0 amide bonds. The monoisotopic (exact) mass is 341 g/mol. The molecule has 0 N–H and O–H groups in total. The average molecular weight is 341 g/mol. The molecular weight excluding hydrogens is 334 g/mol. The third-order valence-electron chi connectivity index (χ3n) is 2.96. The molecule has 2 aromatic heterocycles. The quantitative estimate of drug-likeness (QED) is 0.415. The van der Waals surface area contributed by atoms with Crippen LogP contribution in [-0.4, -0.2) is 25.3 Å². The summed E-state index contributed by atoms with van der Waals surface area (Å²) in [4.78, 5) is 4.21. The molecular formula is C13H7F4N5S. The van der Waals surface area contributed by atoms with Crippen molar-refractivity contribution in [1.29, 1.82) is 5.26 Å². The number of hydrogen-bond acceptors (Lipinski definition) is 5. The van der Waals surface area contributed by atoms with Crippen molar-refractivity contribution in [3.63, 3.8) is 0 Å². The van der Waals surface area contributed by atoms with Gasteiger partial charge in [-0.1, -0.05) is 0 Å². The van der Waals surface area contributed by atoms with Crippen LogP contribution < -0.4 is 0 Å². The van der Waals surface area contributed by atoms with Crippen LogP contribution in [0.1, 0.15) is 12.2 Å². The summed E-state index contributed by atoms with van der Waals surface area (Å²) in [6.07, 6.45) is -4.53. The number of benzene rings is 1. The number of rotatable bonds is 3. The average Bonchev–Trinajstić information content (AvgIpc) is 2.93. The minimum absolute atomic E-state index is 0.0676. The van der Waals surface area contributed by atoms with Gasteiger partial charge in [0.15, 0.2) is 5.65 Å². The Hall–Kier alpha value is -2.41. The van der Waals surface area contributed by atoms with Gasteiger partial charge in [-0.05, 0) is 12.1 Å². The number of fused-ring (bicyclic) bond motifs is 3. The van der Waals surface area contributed by atoms with Gasteiger partial charge in [0.2, 0.25) is 5.82 Å². The fourth-order valence-electron chi connectivity index (χ4n) is 2.05. The molecule has 0 saturated heterocycles.